The summed E-state index contributed by atoms with van der Waals surface area (Å²) >= 11 is 0. The number of hydrogen-bond acceptors (Lipinski definition) is 4. The summed E-state index contributed by atoms with van der Waals surface area (Å²) in [6.45, 7) is 5.67. The van der Waals surface area contributed by atoms with E-state index in [0.717, 1.165) is 11.1 Å². The van der Waals surface area contributed by atoms with Gasteiger partial charge >= 0.3 is 0 Å². The van der Waals surface area contributed by atoms with Crippen LogP contribution in [0.5, 0.6) is 5.75 Å². The number of benzene rings is 1. The van der Waals surface area contributed by atoms with Gasteiger partial charge in [-0.1, -0.05) is 6.92 Å². The fraction of sp³-hybridized carbons (Fsp3) is 0.538. The molecule has 0 radical (unpaired) electrons. The van der Waals surface area contributed by atoms with Crippen LogP contribution in [0.3, 0.4) is 0 Å². The number of aliphatic hydroxyl groups is 1. The highest BCUT2D eigenvalue weighted by molar-refractivity contribution is 7.89. The molecule has 0 fully saturated rings. The van der Waals surface area contributed by atoms with Crippen LogP contribution in [0.15, 0.2) is 17.0 Å². The summed E-state index contributed by atoms with van der Waals surface area (Å²) in [6, 6.07) is 3.33. The second-order valence-electron chi connectivity index (χ2n) is 4.31. The molecule has 0 aromatic heterocycles. The van der Waals surface area contributed by atoms with Gasteiger partial charge in [-0.05, 0) is 37.1 Å². The number of aryl methyl sites for hydroxylation is 2. The first-order chi connectivity index (χ1) is 8.88. The summed E-state index contributed by atoms with van der Waals surface area (Å²) in [6.07, 6.45) is 0. The number of rotatable bonds is 6. The molecule has 0 saturated heterocycles. The van der Waals surface area contributed by atoms with E-state index in [1.807, 2.05) is 13.8 Å². The molecule has 0 atom stereocenters. The van der Waals surface area contributed by atoms with Gasteiger partial charge in [-0.15, -0.1) is 0 Å². The smallest absolute Gasteiger partial charge is 0.246 e. The Bertz CT molecular complexity index is 540. The van der Waals surface area contributed by atoms with Gasteiger partial charge in [0.05, 0.1) is 13.7 Å². The van der Waals surface area contributed by atoms with Crippen molar-refractivity contribution in [1.29, 1.82) is 0 Å². The second-order valence-corrected chi connectivity index (χ2v) is 6.21. The molecule has 0 unspecified atom stereocenters. The predicted octanol–water partition coefficient (Wildman–Crippen LogP) is 1.31. The first-order valence-electron chi connectivity index (χ1n) is 6.14. The SMILES string of the molecule is CCN(CCO)S(=O)(=O)c1cc(C)c(C)cc1OC. The van der Waals surface area contributed by atoms with Crippen LogP contribution in [-0.2, 0) is 10.0 Å². The summed E-state index contributed by atoms with van der Waals surface area (Å²) in [4.78, 5) is 0.147. The van der Waals surface area contributed by atoms with Gasteiger partial charge in [0.15, 0.2) is 0 Å². The predicted molar refractivity (Wildman–Crippen MR) is 74.0 cm³/mol. The van der Waals surface area contributed by atoms with Crippen LogP contribution in [-0.4, -0.2) is 44.6 Å². The lowest BCUT2D eigenvalue weighted by Gasteiger charge is -2.21. The Kier molecular flexibility index (Phi) is 5.34. The molecule has 108 valence electrons. The zero-order valence-corrected chi connectivity index (χ0v) is 12.6. The minimum absolute atomic E-state index is 0.0783. The molecule has 0 spiro atoms. The number of ether oxygens (including phenoxy) is 1. The van der Waals surface area contributed by atoms with Crippen molar-refractivity contribution < 1.29 is 18.3 Å². The van der Waals surface area contributed by atoms with Gasteiger partial charge < -0.3 is 9.84 Å². The number of methoxy groups -OCH3 is 1. The summed E-state index contributed by atoms with van der Waals surface area (Å²) in [5, 5.41) is 8.97. The van der Waals surface area contributed by atoms with Crippen LogP contribution in [0.2, 0.25) is 0 Å². The Hall–Kier alpha value is -1.11. The summed E-state index contributed by atoms with van der Waals surface area (Å²) in [5.74, 6) is 0.333. The van der Waals surface area contributed by atoms with Crippen molar-refractivity contribution >= 4 is 10.0 Å². The van der Waals surface area contributed by atoms with Crippen LogP contribution >= 0.6 is 0 Å². The molecule has 19 heavy (non-hydrogen) atoms. The van der Waals surface area contributed by atoms with E-state index in [-0.39, 0.29) is 18.0 Å². The van der Waals surface area contributed by atoms with Gasteiger partial charge in [0, 0.05) is 13.1 Å². The third-order valence-corrected chi connectivity index (χ3v) is 5.10. The lowest BCUT2D eigenvalue weighted by atomic mass is 10.1. The van der Waals surface area contributed by atoms with Crippen LogP contribution in [0.25, 0.3) is 0 Å². The largest absolute Gasteiger partial charge is 0.495 e. The molecule has 0 aliphatic heterocycles. The van der Waals surface area contributed by atoms with Crippen LogP contribution in [0.4, 0.5) is 0 Å². The third-order valence-electron chi connectivity index (χ3n) is 3.10. The minimum atomic E-state index is -3.65. The van der Waals surface area contributed by atoms with E-state index in [0.29, 0.717) is 12.3 Å². The maximum atomic E-state index is 12.5. The maximum absolute atomic E-state index is 12.5. The molecule has 0 aliphatic rings. The fourth-order valence-electron chi connectivity index (χ4n) is 1.82. The molecule has 0 heterocycles. The topological polar surface area (TPSA) is 66.8 Å². The molecule has 1 aromatic rings. The van der Waals surface area contributed by atoms with Crippen LogP contribution < -0.4 is 4.74 Å². The van der Waals surface area contributed by atoms with E-state index in [2.05, 4.69) is 0 Å². The van der Waals surface area contributed by atoms with Gasteiger partial charge in [-0.3, -0.25) is 0 Å². The highest BCUT2D eigenvalue weighted by atomic mass is 32.2. The molecule has 0 amide bonds. The van der Waals surface area contributed by atoms with E-state index in [4.69, 9.17) is 9.84 Å². The monoisotopic (exact) mass is 287 g/mol. The zero-order chi connectivity index (χ0) is 14.6. The first kappa shape index (κ1) is 15.9. The standard InChI is InChI=1S/C13H21NO4S/c1-5-14(6-7-15)19(16,17)13-9-11(3)10(2)8-12(13)18-4/h8-9,15H,5-7H2,1-4H3. The molecule has 1 aromatic carbocycles. The van der Waals surface area contributed by atoms with Gasteiger partial charge in [0.1, 0.15) is 10.6 Å². The molecule has 5 nitrogen and oxygen atoms in total. The molecule has 0 aliphatic carbocycles. The van der Waals surface area contributed by atoms with Crippen molar-refractivity contribution in [2.45, 2.75) is 25.7 Å². The second kappa shape index (κ2) is 6.36. The Morgan fingerprint density at radius 2 is 1.84 bits per heavy atom. The zero-order valence-electron chi connectivity index (χ0n) is 11.8. The molecular weight excluding hydrogens is 266 g/mol. The molecule has 6 heteroatoms. The normalized spacial score (nSPS) is 11.9. The lowest BCUT2D eigenvalue weighted by Crippen LogP contribution is -2.33. The van der Waals surface area contributed by atoms with Crippen LogP contribution in [0, 0.1) is 13.8 Å². The summed E-state index contributed by atoms with van der Waals surface area (Å²) < 4.78 is 31.5. The summed E-state index contributed by atoms with van der Waals surface area (Å²) in [7, 11) is -2.20. The summed E-state index contributed by atoms with van der Waals surface area (Å²) in [5.41, 5.74) is 1.86. The first-order valence-corrected chi connectivity index (χ1v) is 7.58. The molecule has 1 N–H and O–H groups in total. The highest BCUT2D eigenvalue weighted by Crippen LogP contribution is 2.29. The van der Waals surface area contributed by atoms with E-state index in [1.54, 1.807) is 19.1 Å². The Morgan fingerprint density at radius 3 is 2.32 bits per heavy atom. The third kappa shape index (κ3) is 3.26. The Morgan fingerprint density at radius 1 is 1.26 bits per heavy atom. The quantitative estimate of drug-likeness (QED) is 0.857. The number of hydrogen-bond donors (Lipinski definition) is 1. The van der Waals surface area contributed by atoms with Crippen molar-refractivity contribution in [1.82, 2.24) is 4.31 Å². The van der Waals surface area contributed by atoms with E-state index < -0.39 is 10.0 Å². The van der Waals surface area contributed by atoms with Crippen molar-refractivity contribution in [3.8, 4) is 5.75 Å². The number of aliphatic hydroxyl groups excluding tert-OH is 1. The van der Waals surface area contributed by atoms with Crippen molar-refractivity contribution in [2.75, 3.05) is 26.8 Å². The highest BCUT2D eigenvalue weighted by Gasteiger charge is 2.26. The van der Waals surface area contributed by atoms with Gasteiger partial charge in [0.25, 0.3) is 0 Å². The number of nitrogens with zero attached hydrogens (tertiary/aromatic N) is 1. The van der Waals surface area contributed by atoms with Crippen molar-refractivity contribution in [3.05, 3.63) is 23.3 Å². The Balaban J connectivity index is 3.38. The average molecular weight is 287 g/mol. The van der Waals surface area contributed by atoms with E-state index in [1.165, 1.54) is 11.4 Å². The average Bonchev–Trinajstić information content (AvgIpc) is 2.38. The molecule has 0 saturated carbocycles. The van der Waals surface area contributed by atoms with E-state index >= 15 is 0 Å². The van der Waals surface area contributed by atoms with Gasteiger partial charge in [0.2, 0.25) is 10.0 Å². The molecule has 0 bridgehead atoms. The molecular formula is C13H21NO4S. The lowest BCUT2D eigenvalue weighted by molar-refractivity contribution is 0.256. The van der Waals surface area contributed by atoms with Crippen LogP contribution in [0.1, 0.15) is 18.1 Å². The van der Waals surface area contributed by atoms with Crippen molar-refractivity contribution in [3.63, 3.8) is 0 Å². The molecule has 1 rings (SSSR count). The minimum Gasteiger partial charge on any atom is -0.495 e. The number of sulfonamides is 1. The number of likely N-dealkylation sites (N-methyl/N-ethyl adjacent to an activating group) is 1. The van der Waals surface area contributed by atoms with Gasteiger partial charge in [-0.2, -0.15) is 4.31 Å². The van der Waals surface area contributed by atoms with Crippen molar-refractivity contribution in [2.24, 2.45) is 0 Å². The fourth-order valence-corrected chi connectivity index (χ4v) is 3.49. The van der Waals surface area contributed by atoms with Gasteiger partial charge in [-0.25, -0.2) is 8.42 Å². The Labute approximate surface area is 114 Å². The van der Waals surface area contributed by atoms with E-state index in [9.17, 15) is 8.42 Å². The maximum Gasteiger partial charge on any atom is 0.246 e.